The topological polar surface area (TPSA) is 154 Å². The summed E-state index contributed by atoms with van der Waals surface area (Å²) in [7, 11) is 0. The molecule has 4 aliphatic carbocycles. The van der Waals surface area contributed by atoms with Gasteiger partial charge >= 0.3 is 11.6 Å². The Hall–Kier alpha value is -2.07. The summed E-state index contributed by atoms with van der Waals surface area (Å²) in [6, 6.07) is 2.89. The van der Waals surface area contributed by atoms with Gasteiger partial charge in [-0.15, -0.1) is 0 Å². The van der Waals surface area contributed by atoms with Crippen LogP contribution in [0, 0.1) is 22.7 Å². The van der Waals surface area contributed by atoms with Crippen molar-refractivity contribution in [3.05, 3.63) is 34.4 Å². The van der Waals surface area contributed by atoms with Crippen molar-refractivity contribution in [1.82, 2.24) is 0 Å². The summed E-state index contributed by atoms with van der Waals surface area (Å²) in [5.74, 6) is -2.78. The Morgan fingerprint density at radius 2 is 1.80 bits per heavy atom. The lowest BCUT2D eigenvalue weighted by atomic mass is 9.40. The molecule has 1 aromatic rings. The molecule has 4 fully saturated rings. The molecule has 0 saturated heterocycles. The summed E-state index contributed by atoms with van der Waals surface area (Å²) in [5.41, 5.74) is -5.12. The summed E-state index contributed by atoms with van der Waals surface area (Å²) in [6.07, 6.45) is -0.637. The van der Waals surface area contributed by atoms with Crippen molar-refractivity contribution >= 4 is 11.8 Å². The van der Waals surface area contributed by atoms with E-state index in [1.165, 1.54) is 19.3 Å². The Morgan fingerprint density at radius 1 is 1.09 bits per heavy atom. The average molecular weight is 491 g/mol. The van der Waals surface area contributed by atoms with Crippen molar-refractivity contribution in [2.24, 2.45) is 22.7 Å². The Morgan fingerprint density at radius 3 is 2.43 bits per heavy atom. The lowest BCUT2D eigenvalue weighted by Gasteiger charge is -2.66. The van der Waals surface area contributed by atoms with E-state index in [1.54, 1.807) is 19.9 Å². The van der Waals surface area contributed by atoms with Crippen LogP contribution in [0.3, 0.4) is 0 Å². The first-order chi connectivity index (χ1) is 16.3. The number of aliphatic hydroxyl groups is 4. The van der Waals surface area contributed by atoms with E-state index in [2.05, 4.69) is 0 Å². The van der Waals surface area contributed by atoms with Crippen molar-refractivity contribution in [2.75, 3.05) is 0 Å². The van der Waals surface area contributed by atoms with Gasteiger partial charge < -0.3 is 29.6 Å². The summed E-state index contributed by atoms with van der Waals surface area (Å²) >= 11 is 0. The van der Waals surface area contributed by atoms with Crippen LogP contribution in [0.25, 0.3) is 0 Å². The molecule has 0 bridgehead atoms. The molecule has 1 heterocycles. The maximum atomic E-state index is 13.9. The van der Waals surface area contributed by atoms with Crippen molar-refractivity contribution in [2.45, 2.75) is 94.7 Å². The molecule has 0 unspecified atom stereocenters. The summed E-state index contributed by atoms with van der Waals surface area (Å²) in [6.45, 7) is 4.70. The van der Waals surface area contributed by atoms with Gasteiger partial charge in [0.15, 0.2) is 5.78 Å². The second-order valence-electron chi connectivity index (χ2n) is 11.7. The number of hydrogen-bond donors (Lipinski definition) is 4. The highest BCUT2D eigenvalue weighted by Crippen LogP contribution is 2.70. The molecular weight excluding hydrogens is 456 g/mol. The summed E-state index contributed by atoms with van der Waals surface area (Å²) in [5, 5.41) is 46.4. The van der Waals surface area contributed by atoms with Crippen LogP contribution < -0.4 is 5.63 Å². The molecule has 35 heavy (non-hydrogen) atoms. The van der Waals surface area contributed by atoms with E-state index in [0.717, 1.165) is 0 Å². The number of aliphatic hydroxyl groups excluding tert-OH is 2. The number of carbonyl (C=O) groups excluding carboxylic acids is 2. The molecule has 9 heteroatoms. The van der Waals surface area contributed by atoms with Crippen molar-refractivity contribution < 1.29 is 39.2 Å². The number of Topliss-reactive ketones (excluding diaryl/α,β-unsaturated/α-hetero) is 1. The standard InChI is InChI=1S/C26H34O9/c1-13(27)35-18-11-25(32)8-6-16-20(23(25,2)10-17(18)28)21(30)22(31)24(3)15(7-9-26(16,24)33)14-4-5-19(29)34-12-14/h4-5,12,15-18,20-21,28,30,32-33H,6-11H2,1-3H3/t15-,16+,17+,18-,20-,21+,23-,24+,25+,26+/m1/s1. The van der Waals surface area contributed by atoms with Crippen LogP contribution in [0.4, 0.5) is 0 Å². The predicted octanol–water partition coefficient (Wildman–Crippen LogP) is 1.05. The second-order valence-corrected chi connectivity index (χ2v) is 11.7. The monoisotopic (exact) mass is 490 g/mol. The van der Waals surface area contributed by atoms with Gasteiger partial charge in [0.2, 0.25) is 0 Å². The van der Waals surface area contributed by atoms with Gasteiger partial charge in [-0.2, -0.15) is 0 Å². The van der Waals surface area contributed by atoms with Crippen LogP contribution in [0.15, 0.2) is 27.6 Å². The van der Waals surface area contributed by atoms with Gasteiger partial charge in [-0.1, -0.05) is 6.92 Å². The zero-order valence-corrected chi connectivity index (χ0v) is 20.3. The van der Waals surface area contributed by atoms with E-state index < -0.39 is 75.5 Å². The fraction of sp³-hybridized carbons (Fsp3) is 0.731. The molecule has 5 rings (SSSR count). The Labute approximate surface area is 203 Å². The highest BCUT2D eigenvalue weighted by atomic mass is 16.6. The first-order valence-electron chi connectivity index (χ1n) is 12.4. The molecule has 0 amide bonds. The van der Waals surface area contributed by atoms with Gasteiger partial charge in [0.1, 0.15) is 12.2 Å². The van der Waals surface area contributed by atoms with E-state index in [-0.39, 0.29) is 19.3 Å². The van der Waals surface area contributed by atoms with Gasteiger partial charge in [0, 0.05) is 36.7 Å². The van der Waals surface area contributed by atoms with Crippen LogP contribution >= 0.6 is 0 Å². The quantitative estimate of drug-likeness (QED) is 0.445. The molecular formula is C26H34O9. The van der Waals surface area contributed by atoms with Crippen molar-refractivity contribution in [3.8, 4) is 0 Å². The first-order valence-corrected chi connectivity index (χ1v) is 12.4. The second kappa shape index (κ2) is 7.71. The fourth-order valence-corrected chi connectivity index (χ4v) is 8.45. The zero-order valence-electron chi connectivity index (χ0n) is 20.3. The van der Waals surface area contributed by atoms with Gasteiger partial charge in [-0.05, 0) is 56.6 Å². The SMILES string of the molecule is CC(=O)O[C@@H]1C[C@@]2(O)CC[C@H]3[C@H]([C@H](O)C(=O)[C@]4(C)[C@@H](c5ccc(=O)oc5)CC[C@]34O)[C@@]2(C)C[C@@H]1O. The van der Waals surface area contributed by atoms with Crippen molar-refractivity contribution in [1.29, 1.82) is 0 Å². The molecule has 4 N–H and O–H groups in total. The van der Waals surface area contributed by atoms with E-state index in [4.69, 9.17) is 9.15 Å². The third kappa shape index (κ3) is 3.11. The zero-order chi connectivity index (χ0) is 25.6. The number of rotatable bonds is 2. The highest BCUT2D eigenvalue weighted by molar-refractivity contribution is 5.93. The molecule has 0 radical (unpaired) electrons. The largest absolute Gasteiger partial charge is 0.460 e. The number of esters is 1. The van der Waals surface area contributed by atoms with Crippen LogP contribution in [0.1, 0.15) is 70.8 Å². The number of hydrogen-bond acceptors (Lipinski definition) is 9. The van der Waals surface area contributed by atoms with E-state index >= 15 is 0 Å². The average Bonchev–Trinajstić information content (AvgIpc) is 3.06. The number of fused-ring (bicyclic) bond motifs is 5. The molecule has 0 spiro atoms. The summed E-state index contributed by atoms with van der Waals surface area (Å²) in [4.78, 5) is 37.0. The molecule has 4 aliphatic rings. The highest BCUT2D eigenvalue weighted by Gasteiger charge is 2.76. The Bertz CT molecular complexity index is 1090. The van der Waals surface area contributed by atoms with Gasteiger partial charge in [-0.3, -0.25) is 9.59 Å². The lowest BCUT2D eigenvalue weighted by molar-refractivity contribution is -0.278. The lowest BCUT2D eigenvalue weighted by Crippen LogP contribution is -2.74. The number of ketones is 1. The Kier molecular flexibility index (Phi) is 5.43. The Balaban J connectivity index is 1.55. The minimum absolute atomic E-state index is 0.00422. The smallest absolute Gasteiger partial charge is 0.335 e. The molecule has 9 nitrogen and oxygen atoms in total. The van der Waals surface area contributed by atoms with Gasteiger partial charge in [0.25, 0.3) is 0 Å². The third-order valence-electron chi connectivity index (χ3n) is 10.3. The third-order valence-corrected chi connectivity index (χ3v) is 10.3. The number of ether oxygens (including phenoxy) is 1. The van der Waals surface area contributed by atoms with Crippen LogP contribution in [-0.2, 0) is 14.3 Å². The van der Waals surface area contributed by atoms with E-state index in [1.807, 2.05) is 0 Å². The number of carbonyl (C=O) groups is 2. The predicted molar refractivity (Wildman–Crippen MR) is 121 cm³/mol. The molecule has 1 aromatic heterocycles. The van der Waals surface area contributed by atoms with Crippen LogP contribution in [-0.4, -0.2) is 61.7 Å². The molecule has 4 saturated carbocycles. The molecule has 0 aromatic carbocycles. The van der Waals surface area contributed by atoms with Crippen molar-refractivity contribution in [3.63, 3.8) is 0 Å². The van der Waals surface area contributed by atoms with Crippen LogP contribution in [0.5, 0.6) is 0 Å². The van der Waals surface area contributed by atoms with Gasteiger partial charge in [0.05, 0.1) is 29.0 Å². The maximum Gasteiger partial charge on any atom is 0.335 e. The first kappa shape index (κ1) is 24.6. The minimum Gasteiger partial charge on any atom is -0.460 e. The van der Waals surface area contributed by atoms with E-state index in [9.17, 15) is 34.8 Å². The minimum atomic E-state index is -1.46. The summed E-state index contributed by atoms with van der Waals surface area (Å²) < 4.78 is 10.3. The normalized spacial score (nSPS) is 49.1. The van der Waals surface area contributed by atoms with Crippen LogP contribution in [0.2, 0.25) is 0 Å². The van der Waals surface area contributed by atoms with E-state index in [0.29, 0.717) is 24.8 Å². The maximum absolute atomic E-state index is 13.9. The van der Waals surface area contributed by atoms with Gasteiger partial charge in [-0.25, -0.2) is 4.79 Å². The molecule has 0 aliphatic heterocycles. The molecule has 192 valence electrons. The molecule has 10 atom stereocenters. The fourth-order valence-electron chi connectivity index (χ4n) is 8.45.